The van der Waals surface area contributed by atoms with E-state index in [0.29, 0.717) is 11.3 Å². The summed E-state index contributed by atoms with van der Waals surface area (Å²) in [5.41, 5.74) is -0.186. The SMILES string of the molecule is O=P(O)(O)C(CCCc1cccc(Oc2ccc(C(F)(F)F)cc2)c1)S(=O)(=O)[O-].[K+]. The van der Waals surface area contributed by atoms with Crippen LogP contribution >= 0.6 is 7.60 Å². The standard InChI is InChI=1S/C17H18F3O7PS.K/c18-17(19,20)13-7-9-14(10-8-13)27-15-5-1-3-12(11-15)4-2-6-16(28(21,22)23)29(24,25)26;/h1,3,5,7-11,16H,2,4,6H2,(H2,21,22,23)(H,24,25,26);/q;+1/p-1. The van der Waals surface area contributed by atoms with Gasteiger partial charge in [0, 0.05) is 0 Å². The fourth-order valence-electron chi connectivity index (χ4n) is 2.57. The van der Waals surface area contributed by atoms with Gasteiger partial charge in [-0.25, -0.2) is 8.42 Å². The normalized spacial score (nSPS) is 13.4. The van der Waals surface area contributed by atoms with Crippen LogP contribution in [0, 0.1) is 0 Å². The van der Waals surface area contributed by atoms with E-state index in [1.54, 1.807) is 24.3 Å². The maximum absolute atomic E-state index is 12.6. The molecule has 0 saturated heterocycles. The van der Waals surface area contributed by atoms with Gasteiger partial charge in [0.1, 0.15) is 21.6 Å². The third kappa shape index (κ3) is 8.69. The first-order valence-corrected chi connectivity index (χ1v) is 11.4. The van der Waals surface area contributed by atoms with Crippen LogP contribution in [0.1, 0.15) is 24.0 Å². The molecule has 2 aromatic carbocycles. The predicted molar refractivity (Wildman–Crippen MR) is 96.4 cm³/mol. The fraction of sp³-hybridized carbons (Fsp3) is 0.294. The average Bonchev–Trinajstić information content (AvgIpc) is 2.56. The van der Waals surface area contributed by atoms with Crippen molar-refractivity contribution in [1.82, 2.24) is 0 Å². The van der Waals surface area contributed by atoms with Gasteiger partial charge in [0.15, 0.2) is 4.99 Å². The summed E-state index contributed by atoms with van der Waals surface area (Å²) in [5, 5.41) is 0. The molecular formula is C17H17F3KO7PS. The number of halogens is 3. The van der Waals surface area contributed by atoms with Crippen LogP contribution in [0.25, 0.3) is 0 Å². The summed E-state index contributed by atoms with van der Waals surface area (Å²) in [6, 6.07) is 10.4. The van der Waals surface area contributed by atoms with Crippen LogP contribution < -0.4 is 56.1 Å². The summed E-state index contributed by atoms with van der Waals surface area (Å²) in [6.45, 7) is 0. The summed E-state index contributed by atoms with van der Waals surface area (Å²) >= 11 is 0. The van der Waals surface area contributed by atoms with E-state index in [9.17, 15) is 30.7 Å². The zero-order chi connectivity index (χ0) is 21.9. The molecule has 0 bridgehead atoms. The van der Waals surface area contributed by atoms with Gasteiger partial charge < -0.3 is 19.1 Å². The minimum Gasteiger partial charge on any atom is -0.747 e. The van der Waals surface area contributed by atoms with Crippen molar-refractivity contribution >= 4 is 17.7 Å². The molecule has 30 heavy (non-hydrogen) atoms. The maximum atomic E-state index is 12.6. The van der Waals surface area contributed by atoms with E-state index in [1.807, 2.05) is 0 Å². The number of aryl methyl sites for hydroxylation is 1. The number of hydrogen-bond acceptors (Lipinski definition) is 5. The van der Waals surface area contributed by atoms with Crippen molar-refractivity contribution < 1.29 is 96.6 Å². The van der Waals surface area contributed by atoms with Crippen molar-refractivity contribution in [2.75, 3.05) is 0 Å². The Hall–Kier alpha value is -0.274. The molecule has 160 valence electrons. The van der Waals surface area contributed by atoms with Gasteiger partial charge in [0.25, 0.3) is 0 Å². The predicted octanol–water partition coefficient (Wildman–Crippen LogP) is 0.873. The molecule has 1 unspecified atom stereocenters. The van der Waals surface area contributed by atoms with Gasteiger partial charge >= 0.3 is 65.2 Å². The van der Waals surface area contributed by atoms with Crippen molar-refractivity contribution in [1.29, 1.82) is 0 Å². The van der Waals surface area contributed by atoms with Crippen molar-refractivity contribution in [3.8, 4) is 11.5 Å². The first kappa shape index (κ1) is 27.8. The van der Waals surface area contributed by atoms with E-state index in [0.717, 1.165) is 12.1 Å². The molecule has 2 aromatic rings. The summed E-state index contributed by atoms with van der Waals surface area (Å²) in [5.74, 6) is 0.486. The molecule has 0 fully saturated rings. The molecule has 0 aliphatic rings. The summed E-state index contributed by atoms with van der Waals surface area (Å²) in [6.07, 6.45) is -4.75. The molecule has 0 amide bonds. The minimum absolute atomic E-state index is 0. The van der Waals surface area contributed by atoms with Gasteiger partial charge in [-0.05, 0) is 61.2 Å². The zero-order valence-corrected chi connectivity index (χ0v) is 20.6. The van der Waals surface area contributed by atoms with Crippen molar-refractivity contribution in [2.45, 2.75) is 30.4 Å². The molecule has 0 heterocycles. The second kappa shape index (κ2) is 11.0. The van der Waals surface area contributed by atoms with Crippen molar-refractivity contribution in [3.63, 3.8) is 0 Å². The second-order valence-corrected chi connectivity index (χ2v) is 9.91. The maximum Gasteiger partial charge on any atom is 1.00 e. The first-order chi connectivity index (χ1) is 13.3. The molecule has 0 aliphatic heterocycles. The van der Waals surface area contributed by atoms with E-state index < -0.39 is 40.9 Å². The van der Waals surface area contributed by atoms with Crippen LogP contribution in [0.4, 0.5) is 13.2 Å². The largest absolute Gasteiger partial charge is 1.00 e. The van der Waals surface area contributed by atoms with Crippen LogP contribution in [-0.4, -0.2) is 27.7 Å². The van der Waals surface area contributed by atoms with E-state index >= 15 is 0 Å². The second-order valence-electron chi connectivity index (χ2n) is 6.20. The Kier molecular flexibility index (Phi) is 10.2. The monoisotopic (exact) mass is 492 g/mol. The van der Waals surface area contributed by atoms with Crippen LogP contribution in [0.2, 0.25) is 0 Å². The van der Waals surface area contributed by atoms with Crippen LogP contribution in [0.15, 0.2) is 48.5 Å². The number of benzene rings is 2. The Labute approximate surface area is 214 Å². The van der Waals surface area contributed by atoms with Gasteiger partial charge in [0.2, 0.25) is 0 Å². The molecule has 0 spiro atoms. The van der Waals surface area contributed by atoms with Crippen molar-refractivity contribution in [2.24, 2.45) is 0 Å². The molecule has 1 atom stereocenters. The number of rotatable bonds is 8. The fourth-order valence-corrected chi connectivity index (χ4v) is 4.89. The van der Waals surface area contributed by atoms with Crippen LogP contribution in [0.5, 0.6) is 11.5 Å². The quantitative estimate of drug-likeness (QED) is 0.318. The summed E-state index contributed by atoms with van der Waals surface area (Å²) in [7, 11) is -10.3. The van der Waals surface area contributed by atoms with E-state index in [-0.39, 0.29) is 70.0 Å². The molecule has 0 aliphatic carbocycles. The van der Waals surface area contributed by atoms with Crippen LogP contribution in [0.3, 0.4) is 0 Å². The number of hydrogen-bond donors (Lipinski definition) is 2. The molecule has 0 saturated carbocycles. The Morgan fingerprint density at radius 3 is 2.17 bits per heavy atom. The van der Waals surface area contributed by atoms with Gasteiger partial charge in [-0.15, -0.1) is 0 Å². The van der Waals surface area contributed by atoms with E-state index in [2.05, 4.69) is 0 Å². The molecular weight excluding hydrogens is 475 g/mol. The summed E-state index contributed by atoms with van der Waals surface area (Å²) in [4.78, 5) is 15.8. The average molecular weight is 492 g/mol. The molecule has 13 heteroatoms. The topological polar surface area (TPSA) is 124 Å². The number of alkyl halides is 3. The molecule has 0 aromatic heterocycles. The summed E-state index contributed by atoms with van der Waals surface area (Å²) < 4.78 is 87.5. The van der Waals surface area contributed by atoms with Gasteiger partial charge in [-0.3, -0.25) is 4.57 Å². The van der Waals surface area contributed by atoms with Gasteiger partial charge in [-0.2, -0.15) is 13.2 Å². The third-order valence-electron chi connectivity index (χ3n) is 3.94. The van der Waals surface area contributed by atoms with Crippen LogP contribution in [-0.2, 0) is 27.3 Å². The molecule has 2 N–H and O–H groups in total. The minimum atomic E-state index is -5.16. The van der Waals surface area contributed by atoms with Gasteiger partial charge in [0.05, 0.1) is 5.56 Å². The van der Waals surface area contributed by atoms with E-state index in [4.69, 9.17) is 14.5 Å². The third-order valence-corrected chi connectivity index (χ3v) is 7.45. The number of ether oxygens (including phenoxy) is 1. The smallest absolute Gasteiger partial charge is 0.747 e. The molecule has 2 rings (SSSR count). The Balaban J connectivity index is 0.00000450. The molecule has 0 radical (unpaired) electrons. The van der Waals surface area contributed by atoms with Gasteiger partial charge in [-0.1, -0.05) is 12.1 Å². The zero-order valence-electron chi connectivity index (χ0n) is 15.7. The molecule has 7 nitrogen and oxygen atoms in total. The Morgan fingerprint density at radius 2 is 1.67 bits per heavy atom. The first-order valence-electron chi connectivity index (χ1n) is 8.21. The Morgan fingerprint density at radius 1 is 1.07 bits per heavy atom. The van der Waals surface area contributed by atoms with E-state index in [1.165, 1.54) is 12.1 Å². The van der Waals surface area contributed by atoms with Crippen molar-refractivity contribution in [3.05, 3.63) is 59.7 Å². The Bertz CT molecular complexity index is 991.